The van der Waals surface area contributed by atoms with E-state index in [9.17, 15) is 4.79 Å². The summed E-state index contributed by atoms with van der Waals surface area (Å²) in [6, 6.07) is 0. The highest BCUT2D eigenvalue weighted by atomic mass is 32.1. The summed E-state index contributed by atoms with van der Waals surface area (Å²) in [5.74, 6) is -0.720. The van der Waals surface area contributed by atoms with Gasteiger partial charge in [0, 0.05) is 13.0 Å². The first kappa shape index (κ1) is 11.9. The number of aryl methyl sites for hydroxylation is 1. The maximum Gasteiger partial charge on any atom is 0.303 e. The highest BCUT2D eigenvalue weighted by molar-refractivity contribution is 7.15. The van der Waals surface area contributed by atoms with Crippen LogP contribution in [-0.4, -0.2) is 27.8 Å². The van der Waals surface area contributed by atoms with Gasteiger partial charge < -0.3 is 10.4 Å². The van der Waals surface area contributed by atoms with Crippen molar-refractivity contribution in [2.45, 2.75) is 32.6 Å². The van der Waals surface area contributed by atoms with Crippen LogP contribution in [-0.2, 0) is 4.79 Å². The molecule has 0 spiro atoms. The zero-order valence-electron chi connectivity index (χ0n) is 8.69. The summed E-state index contributed by atoms with van der Waals surface area (Å²) in [5, 5.41) is 21.2. The Hall–Kier alpha value is -1.17. The van der Waals surface area contributed by atoms with Crippen LogP contribution in [0.1, 0.15) is 30.7 Å². The molecule has 6 heteroatoms. The number of carboxylic acid groups (broad SMARTS) is 1. The van der Waals surface area contributed by atoms with Gasteiger partial charge >= 0.3 is 5.97 Å². The van der Waals surface area contributed by atoms with Crippen molar-refractivity contribution in [3.05, 3.63) is 5.01 Å². The van der Waals surface area contributed by atoms with Crippen LogP contribution >= 0.6 is 11.3 Å². The number of hydrogen-bond acceptors (Lipinski definition) is 5. The minimum atomic E-state index is -0.720. The molecule has 0 unspecified atom stereocenters. The molecule has 15 heavy (non-hydrogen) atoms. The molecule has 0 fully saturated rings. The Labute approximate surface area is 92.5 Å². The van der Waals surface area contributed by atoms with Gasteiger partial charge in [0.2, 0.25) is 5.13 Å². The maximum absolute atomic E-state index is 10.2. The molecule has 0 aliphatic heterocycles. The average molecular weight is 229 g/mol. The van der Waals surface area contributed by atoms with Gasteiger partial charge in [0.05, 0.1) is 0 Å². The average Bonchev–Trinajstić information content (AvgIpc) is 2.57. The Morgan fingerprint density at radius 2 is 2.20 bits per heavy atom. The molecule has 2 N–H and O–H groups in total. The number of nitrogens with zero attached hydrogens (tertiary/aromatic N) is 2. The molecular weight excluding hydrogens is 214 g/mol. The van der Waals surface area contributed by atoms with E-state index in [1.54, 1.807) is 0 Å². The summed E-state index contributed by atoms with van der Waals surface area (Å²) < 4.78 is 0. The predicted molar refractivity (Wildman–Crippen MR) is 59.2 cm³/mol. The van der Waals surface area contributed by atoms with Gasteiger partial charge in [-0.2, -0.15) is 0 Å². The largest absolute Gasteiger partial charge is 0.481 e. The van der Waals surface area contributed by atoms with Crippen LogP contribution in [0, 0.1) is 6.92 Å². The number of aliphatic carboxylic acids is 1. The monoisotopic (exact) mass is 229 g/mol. The molecule has 0 bridgehead atoms. The van der Waals surface area contributed by atoms with Crippen molar-refractivity contribution >= 4 is 22.4 Å². The molecule has 0 aromatic carbocycles. The molecule has 0 aliphatic rings. The molecule has 0 aliphatic carbocycles. The third kappa shape index (κ3) is 5.31. The maximum atomic E-state index is 10.2. The molecule has 0 saturated heterocycles. The number of unbranched alkanes of at least 4 members (excludes halogenated alkanes) is 2. The standard InChI is InChI=1S/C9H15N3O2S/c1-7-11-12-9(15-7)10-6-4-2-3-5-8(13)14/h2-6H2,1H3,(H,10,12)(H,13,14). The third-order valence-corrected chi connectivity index (χ3v) is 2.67. The molecule has 1 rings (SSSR count). The van der Waals surface area contributed by atoms with Crippen molar-refractivity contribution in [2.75, 3.05) is 11.9 Å². The number of carbonyl (C=O) groups is 1. The van der Waals surface area contributed by atoms with Gasteiger partial charge in [0.15, 0.2) is 0 Å². The van der Waals surface area contributed by atoms with Crippen molar-refractivity contribution < 1.29 is 9.90 Å². The minimum absolute atomic E-state index is 0.262. The first-order valence-corrected chi connectivity index (χ1v) is 5.76. The van der Waals surface area contributed by atoms with Crippen LogP contribution < -0.4 is 5.32 Å². The number of nitrogens with one attached hydrogen (secondary N) is 1. The predicted octanol–water partition coefficient (Wildman–Crippen LogP) is 1.90. The Morgan fingerprint density at radius 1 is 1.40 bits per heavy atom. The first-order valence-electron chi connectivity index (χ1n) is 4.94. The first-order chi connectivity index (χ1) is 7.18. The Morgan fingerprint density at radius 3 is 2.80 bits per heavy atom. The van der Waals surface area contributed by atoms with Crippen LogP contribution in [0.2, 0.25) is 0 Å². The molecular formula is C9H15N3O2S. The highest BCUT2D eigenvalue weighted by Gasteiger charge is 1.99. The SMILES string of the molecule is Cc1nnc(NCCCCCC(=O)O)s1. The lowest BCUT2D eigenvalue weighted by Gasteiger charge is -2.00. The second kappa shape index (κ2) is 6.34. The number of carboxylic acids is 1. The van der Waals surface area contributed by atoms with E-state index >= 15 is 0 Å². The lowest BCUT2D eigenvalue weighted by atomic mass is 10.2. The number of hydrogen-bond donors (Lipinski definition) is 2. The van der Waals surface area contributed by atoms with Gasteiger partial charge in [-0.1, -0.05) is 17.8 Å². The van der Waals surface area contributed by atoms with Gasteiger partial charge in [-0.25, -0.2) is 0 Å². The molecule has 0 radical (unpaired) electrons. The minimum Gasteiger partial charge on any atom is -0.481 e. The van der Waals surface area contributed by atoms with Crippen LogP contribution in [0.25, 0.3) is 0 Å². The third-order valence-electron chi connectivity index (χ3n) is 1.87. The van der Waals surface area contributed by atoms with Gasteiger partial charge in [-0.3, -0.25) is 4.79 Å². The smallest absolute Gasteiger partial charge is 0.303 e. The number of anilines is 1. The zero-order valence-corrected chi connectivity index (χ0v) is 9.51. The number of aromatic nitrogens is 2. The zero-order chi connectivity index (χ0) is 11.1. The van der Waals surface area contributed by atoms with E-state index < -0.39 is 5.97 Å². The fourth-order valence-electron chi connectivity index (χ4n) is 1.14. The van der Waals surface area contributed by atoms with E-state index in [4.69, 9.17) is 5.11 Å². The molecule has 1 aromatic rings. The Kier molecular flexibility index (Phi) is 5.03. The van der Waals surface area contributed by atoms with Crippen molar-refractivity contribution in [3.63, 3.8) is 0 Å². The molecule has 0 saturated carbocycles. The molecule has 1 heterocycles. The lowest BCUT2D eigenvalue weighted by molar-refractivity contribution is -0.137. The lowest BCUT2D eigenvalue weighted by Crippen LogP contribution is -2.01. The van der Waals surface area contributed by atoms with Crippen molar-refractivity contribution in [1.82, 2.24) is 10.2 Å². The summed E-state index contributed by atoms with van der Waals surface area (Å²) in [6.45, 7) is 2.74. The van der Waals surface area contributed by atoms with E-state index in [-0.39, 0.29) is 6.42 Å². The van der Waals surface area contributed by atoms with E-state index in [0.29, 0.717) is 0 Å². The van der Waals surface area contributed by atoms with Crippen LogP contribution in [0.15, 0.2) is 0 Å². The fraction of sp³-hybridized carbons (Fsp3) is 0.667. The van der Waals surface area contributed by atoms with Gasteiger partial charge in [0.25, 0.3) is 0 Å². The summed E-state index contributed by atoms with van der Waals surface area (Å²) in [6.07, 6.45) is 2.90. The fourth-order valence-corrected chi connectivity index (χ4v) is 1.76. The van der Waals surface area contributed by atoms with Crippen LogP contribution in [0.5, 0.6) is 0 Å². The van der Waals surface area contributed by atoms with Gasteiger partial charge in [0.1, 0.15) is 5.01 Å². The van der Waals surface area contributed by atoms with Crippen molar-refractivity contribution in [3.8, 4) is 0 Å². The van der Waals surface area contributed by atoms with E-state index in [1.807, 2.05) is 6.92 Å². The molecule has 0 amide bonds. The quantitative estimate of drug-likeness (QED) is 0.698. The van der Waals surface area contributed by atoms with Gasteiger partial charge in [-0.05, 0) is 19.8 Å². The number of rotatable bonds is 7. The summed E-state index contributed by atoms with van der Waals surface area (Å²) >= 11 is 1.53. The normalized spacial score (nSPS) is 10.2. The van der Waals surface area contributed by atoms with E-state index in [1.165, 1.54) is 11.3 Å². The summed E-state index contributed by atoms with van der Waals surface area (Å²) in [5.41, 5.74) is 0. The molecule has 5 nitrogen and oxygen atoms in total. The topological polar surface area (TPSA) is 75.1 Å². The molecule has 1 aromatic heterocycles. The van der Waals surface area contributed by atoms with Crippen LogP contribution in [0.4, 0.5) is 5.13 Å². The van der Waals surface area contributed by atoms with Crippen molar-refractivity contribution in [2.24, 2.45) is 0 Å². The Bertz CT molecular complexity index is 314. The van der Waals surface area contributed by atoms with Crippen molar-refractivity contribution in [1.29, 1.82) is 0 Å². The second-order valence-corrected chi connectivity index (χ2v) is 4.44. The summed E-state index contributed by atoms with van der Waals surface area (Å²) in [7, 11) is 0. The van der Waals surface area contributed by atoms with E-state index in [2.05, 4.69) is 15.5 Å². The molecule has 0 atom stereocenters. The van der Waals surface area contributed by atoms with E-state index in [0.717, 1.165) is 35.9 Å². The Balaban J connectivity index is 2.00. The van der Waals surface area contributed by atoms with Crippen LogP contribution in [0.3, 0.4) is 0 Å². The molecule has 84 valence electrons. The summed E-state index contributed by atoms with van der Waals surface area (Å²) in [4.78, 5) is 10.2. The second-order valence-electron chi connectivity index (χ2n) is 3.26. The van der Waals surface area contributed by atoms with Gasteiger partial charge in [-0.15, -0.1) is 10.2 Å². The highest BCUT2D eigenvalue weighted by Crippen LogP contribution is 2.13.